The van der Waals surface area contributed by atoms with Crippen LogP contribution in [0.1, 0.15) is 38.3 Å². The maximum atomic E-state index is 4.41. The molecule has 1 aromatic heterocycles. The van der Waals surface area contributed by atoms with E-state index >= 15 is 0 Å². The predicted molar refractivity (Wildman–Crippen MR) is 69.6 cm³/mol. The highest BCUT2D eigenvalue weighted by Crippen LogP contribution is 2.20. The minimum absolute atomic E-state index is 0.636. The van der Waals surface area contributed by atoms with Gasteiger partial charge in [-0.25, -0.2) is 0 Å². The zero-order valence-corrected chi connectivity index (χ0v) is 11.5. The highest BCUT2D eigenvalue weighted by atomic mass is 79.9. The maximum Gasteiger partial charge on any atom is 0.0635 e. The number of rotatable bonds is 4. The van der Waals surface area contributed by atoms with Gasteiger partial charge in [-0.05, 0) is 41.7 Å². The molecule has 90 valence electrons. The summed E-state index contributed by atoms with van der Waals surface area (Å²) in [6.07, 6.45) is 8.14. The molecule has 2 heterocycles. The van der Waals surface area contributed by atoms with Crippen LogP contribution in [0.3, 0.4) is 0 Å². The number of halogens is 1. The molecule has 1 saturated heterocycles. The number of aromatic nitrogens is 2. The molecule has 1 aliphatic heterocycles. The summed E-state index contributed by atoms with van der Waals surface area (Å²) in [4.78, 5) is 0. The third-order valence-corrected chi connectivity index (χ3v) is 3.85. The molecule has 0 aliphatic carbocycles. The van der Waals surface area contributed by atoms with Gasteiger partial charge in [-0.1, -0.05) is 13.3 Å². The first-order valence-electron chi connectivity index (χ1n) is 6.25. The van der Waals surface area contributed by atoms with Crippen LogP contribution < -0.4 is 5.32 Å². The number of hydrogen-bond donors (Lipinski definition) is 1. The van der Waals surface area contributed by atoms with Crippen molar-refractivity contribution in [2.75, 3.05) is 6.54 Å². The van der Waals surface area contributed by atoms with Gasteiger partial charge in [-0.15, -0.1) is 0 Å². The summed E-state index contributed by atoms with van der Waals surface area (Å²) in [5.74, 6) is 0. The van der Waals surface area contributed by atoms with E-state index in [-0.39, 0.29) is 0 Å². The molecule has 4 heteroatoms. The van der Waals surface area contributed by atoms with E-state index in [0.717, 1.165) is 23.9 Å². The number of piperidine rings is 1. The Morgan fingerprint density at radius 1 is 1.56 bits per heavy atom. The van der Waals surface area contributed by atoms with E-state index in [1.807, 2.05) is 6.20 Å². The van der Waals surface area contributed by atoms with Crippen LogP contribution in [-0.4, -0.2) is 22.4 Å². The number of nitrogens with one attached hydrogen (secondary N) is 1. The molecule has 0 saturated carbocycles. The summed E-state index contributed by atoms with van der Waals surface area (Å²) in [6.45, 7) is 4.38. The lowest BCUT2D eigenvalue weighted by Crippen LogP contribution is -2.36. The van der Waals surface area contributed by atoms with Crippen molar-refractivity contribution in [2.24, 2.45) is 0 Å². The lowest BCUT2D eigenvalue weighted by atomic mass is 10.0. The normalized spacial score (nSPS) is 21.2. The van der Waals surface area contributed by atoms with Gasteiger partial charge in [0.05, 0.1) is 16.4 Å². The standard InChI is InChI=1S/C12H20BrN3/c1-2-7-16-12(11(13)9-15-16)8-10-5-3-4-6-14-10/h9-10,14H,2-8H2,1H3. The van der Waals surface area contributed by atoms with Crippen molar-refractivity contribution < 1.29 is 0 Å². The lowest BCUT2D eigenvalue weighted by Gasteiger charge is -2.23. The number of hydrogen-bond acceptors (Lipinski definition) is 2. The van der Waals surface area contributed by atoms with Gasteiger partial charge in [0.1, 0.15) is 0 Å². The van der Waals surface area contributed by atoms with Crippen LogP contribution in [0.4, 0.5) is 0 Å². The van der Waals surface area contributed by atoms with Gasteiger partial charge in [0.25, 0.3) is 0 Å². The van der Waals surface area contributed by atoms with Crippen LogP contribution in [0, 0.1) is 0 Å². The molecule has 1 aliphatic rings. The van der Waals surface area contributed by atoms with Crippen LogP contribution in [0.15, 0.2) is 10.7 Å². The fraction of sp³-hybridized carbons (Fsp3) is 0.750. The molecular formula is C12H20BrN3. The van der Waals surface area contributed by atoms with E-state index < -0.39 is 0 Å². The second-order valence-electron chi connectivity index (χ2n) is 4.51. The quantitative estimate of drug-likeness (QED) is 0.922. The molecule has 1 fully saturated rings. The largest absolute Gasteiger partial charge is 0.314 e. The molecule has 16 heavy (non-hydrogen) atoms. The zero-order chi connectivity index (χ0) is 11.4. The molecule has 2 rings (SSSR count). The van der Waals surface area contributed by atoms with Crippen LogP contribution >= 0.6 is 15.9 Å². The van der Waals surface area contributed by atoms with Crippen molar-refractivity contribution >= 4 is 15.9 Å². The Hall–Kier alpha value is -0.350. The van der Waals surface area contributed by atoms with Gasteiger partial charge in [0.2, 0.25) is 0 Å². The smallest absolute Gasteiger partial charge is 0.0635 e. The fourth-order valence-corrected chi connectivity index (χ4v) is 2.78. The minimum Gasteiger partial charge on any atom is -0.314 e. The Morgan fingerprint density at radius 3 is 3.12 bits per heavy atom. The van der Waals surface area contributed by atoms with Crippen LogP contribution in [-0.2, 0) is 13.0 Å². The minimum atomic E-state index is 0.636. The Balaban J connectivity index is 2.03. The molecule has 0 bridgehead atoms. The first-order valence-corrected chi connectivity index (χ1v) is 7.04. The molecule has 0 amide bonds. The second kappa shape index (κ2) is 5.82. The summed E-state index contributed by atoms with van der Waals surface area (Å²) < 4.78 is 3.30. The highest BCUT2D eigenvalue weighted by molar-refractivity contribution is 9.10. The average Bonchev–Trinajstić information content (AvgIpc) is 2.64. The molecule has 3 nitrogen and oxygen atoms in total. The molecule has 1 atom stereocenters. The predicted octanol–water partition coefficient (Wildman–Crippen LogP) is 2.74. The SMILES string of the molecule is CCCn1ncc(Br)c1CC1CCCCN1. The Labute approximate surface area is 106 Å². The molecule has 1 unspecified atom stereocenters. The van der Waals surface area contributed by atoms with Crippen molar-refractivity contribution in [1.29, 1.82) is 0 Å². The summed E-state index contributed by atoms with van der Waals surface area (Å²) in [6, 6.07) is 0.636. The van der Waals surface area contributed by atoms with E-state index in [9.17, 15) is 0 Å². The van der Waals surface area contributed by atoms with Crippen molar-refractivity contribution in [2.45, 2.75) is 51.6 Å². The van der Waals surface area contributed by atoms with E-state index in [4.69, 9.17) is 0 Å². The Kier molecular flexibility index (Phi) is 4.41. The van der Waals surface area contributed by atoms with Gasteiger partial charge in [-0.2, -0.15) is 5.10 Å². The van der Waals surface area contributed by atoms with Crippen molar-refractivity contribution in [3.63, 3.8) is 0 Å². The summed E-state index contributed by atoms with van der Waals surface area (Å²) in [5, 5.41) is 8.00. The van der Waals surface area contributed by atoms with Gasteiger partial charge < -0.3 is 5.32 Å². The first-order chi connectivity index (χ1) is 7.81. The summed E-state index contributed by atoms with van der Waals surface area (Å²) >= 11 is 3.60. The third kappa shape index (κ3) is 2.86. The van der Waals surface area contributed by atoms with E-state index in [1.165, 1.54) is 31.5 Å². The molecular weight excluding hydrogens is 266 g/mol. The summed E-state index contributed by atoms with van der Waals surface area (Å²) in [5.41, 5.74) is 1.35. The van der Waals surface area contributed by atoms with Gasteiger partial charge in [0, 0.05) is 19.0 Å². The van der Waals surface area contributed by atoms with Gasteiger partial charge >= 0.3 is 0 Å². The van der Waals surface area contributed by atoms with E-state index in [1.54, 1.807) is 0 Å². The second-order valence-corrected chi connectivity index (χ2v) is 5.37. The van der Waals surface area contributed by atoms with Crippen LogP contribution in [0.2, 0.25) is 0 Å². The third-order valence-electron chi connectivity index (χ3n) is 3.19. The van der Waals surface area contributed by atoms with Crippen molar-refractivity contribution in [3.8, 4) is 0 Å². The molecule has 1 aromatic rings. The monoisotopic (exact) mass is 285 g/mol. The molecule has 1 N–H and O–H groups in total. The van der Waals surface area contributed by atoms with Crippen LogP contribution in [0.5, 0.6) is 0 Å². The Bertz CT molecular complexity index is 329. The number of aryl methyl sites for hydroxylation is 1. The van der Waals surface area contributed by atoms with Crippen LogP contribution in [0.25, 0.3) is 0 Å². The van der Waals surface area contributed by atoms with Gasteiger partial charge in [0.15, 0.2) is 0 Å². The summed E-state index contributed by atoms with van der Waals surface area (Å²) in [7, 11) is 0. The molecule has 0 aromatic carbocycles. The van der Waals surface area contributed by atoms with Crippen molar-refractivity contribution in [3.05, 3.63) is 16.4 Å². The first kappa shape index (κ1) is 12.1. The fourth-order valence-electron chi connectivity index (χ4n) is 2.33. The Morgan fingerprint density at radius 2 is 2.44 bits per heavy atom. The highest BCUT2D eigenvalue weighted by Gasteiger charge is 2.17. The number of nitrogens with zero attached hydrogens (tertiary/aromatic N) is 2. The topological polar surface area (TPSA) is 29.9 Å². The van der Waals surface area contributed by atoms with E-state index in [2.05, 4.69) is 38.0 Å². The molecule has 0 radical (unpaired) electrons. The lowest BCUT2D eigenvalue weighted by molar-refractivity contribution is 0.389. The van der Waals surface area contributed by atoms with Gasteiger partial charge in [-0.3, -0.25) is 4.68 Å². The average molecular weight is 286 g/mol. The maximum absolute atomic E-state index is 4.41. The zero-order valence-electron chi connectivity index (χ0n) is 9.88. The van der Waals surface area contributed by atoms with E-state index in [0.29, 0.717) is 6.04 Å². The van der Waals surface area contributed by atoms with Crippen molar-refractivity contribution in [1.82, 2.24) is 15.1 Å². The molecule has 0 spiro atoms.